The van der Waals surface area contributed by atoms with Gasteiger partial charge in [-0.2, -0.15) is 0 Å². The highest BCUT2D eigenvalue weighted by atomic mass is 35.5. The van der Waals surface area contributed by atoms with Crippen LogP contribution in [0.2, 0.25) is 5.02 Å². The third-order valence-electron chi connectivity index (χ3n) is 4.91. The zero-order chi connectivity index (χ0) is 18.8. The zero-order valence-electron chi connectivity index (χ0n) is 14.6. The number of nitrogens with zero attached hydrogens (tertiary/aromatic N) is 3. The Bertz CT molecular complexity index is 1030. The second kappa shape index (κ2) is 7.40. The van der Waals surface area contributed by atoms with Crippen LogP contribution in [-0.2, 0) is 0 Å². The Morgan fingerprint density at radius 3 is 2.59 bits per heavy atom. The van der Waals surface area contributed by atoms with Crippen molar-refractivity contribution in [2.45, 2.75) is 18.9 Å². The molecule has 1 aliphatic rings. The molecule has 0 unspecified atom stereocenters. The van der Waals surface area contributed by atoms with Crippen molar-refractivity contribution < 1.29 is 4.79 Å². The van der Waals surface area contributed by atoms with Crippen LogP contribution in [0.4, 0.5) is 10.5 Å². The highest BCUT2D eigenvalue weighted by Crippen LogP contribution is 2.23. The molecule has 2 aromatic carbocycles. The first-order valence-corrected chi connectivity index (χ1v) is 9.27. The number of hydrogen-bond acceptors (Lipinski definition) is 3. The van der Waals surface area contributed by atoms with Gasteiger partial charge in [-0.3, -0.25) is 9.36 Å². The molecule has 0 atom stereocenters. The lowest BCUT2D eigenvalue weighted by Crippen LogP contribution is -2.42. The zero-order valence-corrected chi connectivity index (χ0v) is 15.4. The summed E-state index contributed by atoms with van der Waals surface area (Å²) in [7, 11) is 0. The lowest BCUT2D eigenvalue weighted by Gasteiger charge is -2.32. The molecule has 4 rings (SSSR count). The predicted molar refractivity (Wildman–Crippen MR) is 106 cm³/mol. The molecule has 1 fully saturated rings. The summed E-state index contributed by atoms with van der Waals surface area (Å²) in [6.45, 7) is 1.17. The molecule has 1 aliphatic heterocycles. The van der Waals surface area contributed by atoms with Gasteiger partial charge in [-0.1, -0.05) is 29.8 Å². The summed E-state index contributed by atoms with van der Waals surface area (Å²) in [4.78, 5) is 31.4. The third-order valence-corrected chi connectivity index (χ3v) is 5.15. The van der Waals surface area contributed by atoms with E-state index in [1.807, 2.05) is 30.3 Å². The molecule has 2 amide bonds. The summed E-state index contributed by atoms with van der Waals surface area (Å²) in [5.41, 5.74) is 1.33. The normalized spacial score (nSPS) is 15.1. The van der Waals surface area contributed by atoms with Crippen LogP contribution in [0.3, 0.4) is 0 Å². The number of nitrogens with one attached hydrogen (secondary N) is 1. The first kappa shape index (κ1) is 17.5. The van der Waals surface area contributed by atoms with Crippen LogP contribution >= 0.6 is 11.6 Å². The fourth-order valence-electron chi connectivity index (χ4n) is 3.44. The number of fused-ring (bicyclic) bond motifs is 1. The van der Waals surface area contributed by atoms with Gasteiger partial charge in [0, 0.05) is 29.8 Å². The molecule has 1 aromatic heterocycles. The number of rotatable bonds is 2. The van der Waals surface area contributed by atoms with E-state index < -0.39 is 0 Å². The van der Waals surface area contributed by atoms with Crippen LogP contribution in [0, 0.1) is 0 Å². The van der Waals surface area contributed by atoms with E-state index in [2.05, 4.69) is 10.3 Å². The van der Waals surface area contributed by atoms with Gasteiger partial charge in [-0.15, -0.1) is 0 Å². The lowest BCUT2D eigenvalue weighted by molar-refractivity contribution is 0.182. The van der Waals surface area contributed by atoms with Crippen molar-refractivity contribution in [3.63, 3.8) is 0 Å². The van der Waals surface area contributed by atoms with Gasteiger partial charge in [-0.05, 0) is 43.2 Å². The van der Waals surface area contributed by atoms with Crippen molar-refractivity contribution in [2.24, 2.45) is 0 Å². The molecule has 27 heavy (non-hydrogen) atoms. The average Bonchev–Trinajstić information content (AvgIpc) is 2.70. The first-order valence-electron chi connectivity index (χ1n) is 8.89. The minimum absolute atomic E-state index is 0.0224. The Hall–Kier alpha value is -2.86. The van der Waals surface area contributed by atoms with Gasteiger partial charge in [0.05, 0.1) is 17.2 Å². The van der Waals surface area contributed by atoms with Crippen LogP contribution in [-0.4, -0.2) is 33.6 Å². The lowest BCUT2D eigenvalue weighted by atomic mass is 10.0. The van der Waals surface area contributed by atoms with Crippen molar-refractivity contribution in [3.8, 4) is 0 Å². The van der Waals surface area contributed by atoms with E-state index in [-0.39, 0.29) is 17.6 Å². The maximum absolute atomic E-state index is 12.8. The largest absolute Gasteiger partial charge is 0.324 e. The molecule has 0 bridgehead atoms. The average molecular weight is 383 g/mol. The van der Waals surface area contributed by atoms with Crippen LogP contribution in [0.1, 0.15) is 18.9 Å². The van der Waals surface area contributed by atoms with Crippen molar-refractivity contribution in [1.29, 1.82) is 0 Å². The Morgan fingerprint density at radius 1 is 1.11 bits per heavy atom. The molecule has 2 heterocycles. The van der Waals surface area contributed by atoms with Gasteiger partial charge in [0.1, 0.15) is 0 Å². The Kier molecular flexibility index (Phi) is 4.81. The van der Waals surface area contributed by atoms with Crippen molar-refractivity contribution in [3.05, 3.63) is 70.2 Å². The molecule has 0 spiro atoms. The molecule has 1 N–H and O–H groups in total. The number of anilines is 1. The second-order valence-corrected chi connectivity index (χ2v) is 7.07. The summed E-state index contributed by atoms with van der Waals surface area (Å²) >= 11 is 6.02. The van der Waals surface area contributed by atoms with Crippen molar-refractivity contribution >= 4 is 34.2 Å². The number of carbonyl (C=O) groups excluding carboxylic acids is 1. The van der Waals surface area contributed by atoms with Gasteiger partial charge in [0.15, 0.2) is 0 Å². The van der Waals surface area contributed by atoms with Gasteiger partial charge < -0.3 is 10.2 Å². The summed E-state index contributed by atoms with van der Waals surface area (Å²) < 4.78 is 1.67. The predicted octanol–water partition coefficient (Wildman–Crippen LogP) is 3.92. The minimum Gasteiger partial charge on any atom is -0.324 e. The van der Waals surface area contributed by atoms with E-state index in [1.165, 1.54) is 0 Å². The summed E-state index contributed by atoms with van der Waals surface area (Å²) in [5, 5.41) is 3.94. The summed E-state index contributed by atoms with van der Waals surface area (Å²) in [6.07, 6.45) is 3.01. The van der Waals surface area contributed by atoms with Crippen LogP contribution in [0.5, 0.6) is 0 Å². The molecule has 0 radical (unpaired) electrons. The third kappa shape index (κ3) is 3.66. The standard InChI is InChI=1S/C20H19ClN4O2/c21-14-6-7-18-17(12-14)19(26)25(13-22-18)16-8-10-24(11-9-16)20(27)23-15-4-2-1-3-5-15/h1-7,12-13,16H,8-11H2,(H,23,27). The number of amides is 2. The number of hydrogen-bond donors (Lipinski definition) is 1. The molecule has 3 aromatic rings. The number of aromatic nitrogens is 2. The van der Waals surface area contributed by atoms with Crippen LogP contribution < -0.4 is 10.9 Å². The van der Waals surface area contributed by atoms with E-state index >= 15 is 0 Å². The highest BCUT2D eigenvalue weighted by molar-refractivity contribution is 6.31. The molecular weight excluding hydrogens is 364 g/mol. The van der Waals surface area contributed by atoms with E-state index in [1.54, 1.807) is 34.0 Å². The molecular formula is C20H19ClN4O2. The van der Waals surface area contributed by atoms with Crippen LogP contribution in [0.25, 0.3) is 10.9 Å². The first-order chi connectivity index (χ1) is 13.1. The fourth-order valence-corrected chi connectivity index (χ4v) is 3.61. The number of urea groups is 1. The maximum Gasteiger partial charge on any atom is 0.321 e. The van der Waals surface area contributed by atoms with Gasteiger partial charge in [0.25, 0.3) is 5.56 Å². The van der Waals surface area contributed by atoms with Crippen LogP contribution in [0.15, 0.2) is 59.7 Å². The maximum atomic E-state index is 12.8. The van der Waals surface area contributed by atoms with Gasteiger partial charge >= 0.3 is 6.03 Å². The van der Waals surface area contributed by atoms with Gasteiger partial charge in [-0.25, -0.2) is 9.78 Å². The van der Waals surface area contributed by atoms with E-state index in [0.29, 0.717) is 41.9 Å². The summed E-state index contributed by atoms with van der Waals surface area (Å²) in [5.74, 6) is 0. The highest BCUT2D eigenvalue weighted by Gasteiger charge is 2.25. The Balaban J connectivity index is 1.46. The number of piperidine rings is 1. The minimum atomic E-state index is -0.115. The Labute approximate surface area is 161 Å². The topological polar surface area (TPSA) is 67.2 Å². The molecule has 6 nitrogen and oxygen atoms in total. The second-order valence-electron chi connectivity index (χ2n) is 6.63. The fraction of sp³-hybridized carbons (Fsp3) is 0.250. The number of likely N-dealkylation sites (tertiary alicyclic amines) is 1. The smallest absolute Gasteiger partial charge is 0.321 e. The van der Waals surface area contributed by atoms with E-state index in [9.17, 15) is 9.59 Å². The quantitative estimate of drug-likeness (QED) is 0.730. The monoisotopic (exact) mass is 382 g/mol. The molecule has 0 aliphatic carbocycles. The molecule has 7 heteroatoms. The molecule has 138 valence electrons. The number of benzene rings is 2. The van der Waals surface area contributed by atoms with Gasteiger partial charge in [0.2, 0.25) is 0 Å². The number of para-hydroxylation sites is 1. The molecule has 0 saturated carbocycles. The van der Waals surface area contributed by atoms with E-state index in [4.69, 9.17) is 11.6 Å². The Morgan fingerprint density at radius 2 is 1.85 bits per heavy atom. The van der Waals surface area contributed by atoms with E-state index in [0.717, 1.165) is 5.69 Å². The number of carbonyl (C=O) groups is 1. The molecule has 1 saturated heterocycles. The van der Waals surface area contributed by atoms with Crippen molar-refractivity contribution in [1.82, 2.24) is 14.5 Å². The SMILES string of the molecule is O=C(Nc1ccccc1)N1CCC(n2cnc3ccc(Cl)cc3c2=O)CC1. The number of halogens is 1. The summed E-state index contributed by atoms with van der Waals surface area (Å²) in [6, 6.07) is 14.4. The van der Waals surface area contributed by atoms with Crippen molar-refractivity contribution in [2.75, 3.05) is 18.4 Å².